The van der Waals surface area contributed by atoms with Gasteiger partial charge < -0.3 is 10.1 Å². The summed E-state index contributed by atoms with van der Waals surface area (Å²) in [5.74, 6) is 0.0791. The van der Waals surface area contributed by atoms with Gasteiger partial charge >= 0.3 is 0 Å². The molecule has 0 heterocycles. The Kier molecular flexibility index (Phi) is 5.76. The zero-order valence-electron chi connectivity index (χ0n) is 12.9. The van der Waals surface area contributed by atoms with Crippen molar-refractivity contribution >= 4 is 15.7 Å². The molecule has 6 heteroatoms. The van der Waals surface area contributed by atoms with Crippen LogP contribution in [0.5, 0.6) is 5.75 Å². The summed E-state index contributed by atoms with van der Waals surface area (Å²) in [4.78, 5) is 12.0. The molecule has 0 radical (unpaired) electrons. The quantitative estimate of drug-likeness (QED) is 0.843. The van der Waals surface area contributed by atoms with Crippen LogP contribution in [0.2, 0.25) is 0 Å². The van der Waals surface area contributed by atoms with Crippen molar-refractivity contribution in [3.8, 4) is 5.75 Å². The highest BCUT2D eigenvalue weighted by Gasteiger charge is 2.16. The van der Waals surface area contributed by atoms with E-state index in [9.17, 15) is 13.2 Å². The summed E-state index contributed by atoms with van der Waals surface area (Å²) in [5.41, 5.74) is 0.971. The van der Waals surface area contributed by atoms with Crippen LogP contribution in [-0.4, -0.2) is 27.2 Å². The van der Waals surface area contributed by atoms with E-state index in [4.69, 9.17) is 4.74 Å². The second-order valence-corrected chi connectivity index (χ2v) is 7.12. The van der Waals surface area contributed by atoms with Crippen molar-refractivity contribution in [3.05, 3.63) is 60.2 Å². The monoisotopic (exact) mass is 333 g/mol. The molecule has 2 rings (SSSR count). The number of hydrogen-bond acceptors (Lipinski definition) is 4. The van der Waals surface area contributed by atoms with Gasteiger partial charge in [-0.05, 0) is 29.8 Å². The van der Waals surface area contributed by atoms with E-state index >= 15 is 0 Å². The van der Waals surface area contributed by atoms with Crippen LogP contribution in [0.1, 0.15) is 12.0 Å². The number of hydrogen-bond donors (Lipinski definition) is 1. The normalized spacial score (nSPS) is 11.0. The number of nitrogens with one attached hydrogen (secondary N) is 1. The van der Waals surface area contributed by atoms with Crippen LogP contribution in [0.25, 0.3) is 0 Å². The summed E-state index contributed by atoms with van der Waals surface area (Å²) < 4.78 is 29.4. The van der Waals surface area contributed by atoms with Crippen LogP contribution in [-0.2, 0) is 21.2 Å². The van der Waals surface area contributed by atoms with E-state index in [2.05, 4.69) is 5.32 Å². The minimum atomic E-state index is -3.48. The molecule has 122 valence electrons. The zero-order valence-corrected chi connectivity index (χ0v) is 13.7. The Balaban J connectivity index is 1.87. The number of sulfone groups is 1. The van der Waals surface area contributed by atoms with Gasteiger partial charge in [0.1, 0.15) is 5.75 Å². The lowest BCUT2D eigenvalue weighted by molar-refractivity contribution is -0.120. The van der Waals surface area contributed by atoms with Crippen LogP contribution < -0.4 is 10.1 Å². The first-order valence-corrected chi connectivity index (χ1v) is 8.84. The second kappa shape index (κ2) is 7.78. The average Bonchev–Trinajstić information content (AvgIpc) is 2.59. The maximum Gasteiger partial charge on any atom is 0.221 e. The zero-order chi connectivity index (χ0) is 16.7. The SMILES string of the molecule is COc1ccc(S(=O)(=O)CCC(=O)NCc2ccccc2)cc1. The number of amides is 1. The Morgan fingerprint density at radius 2 is 1.70 bits per heavy atom. The molecule has 1 N–H and O–H groups in total. The van der Waals surface area contributed by atoms with Gasteiger partial charge in [0.15, 0.2) is 9.84 Å². The Bertz CT molecular complexity index is 740. The van der Waals surface area contributed by atoms with Gasteiger partial charge in [-0.3, -0.25) is 4.79 Å². The number of carbonyl (C=O) groups excluding carboxylic acids is 1. The van der Waals surface area contributed by atoms with Crippen LogP contribution in [0.3, 0.4) is 0 Å². The summed E-state index contributed by atoms with van der Waals surface area (Å²) in [6.45, 7) is 0.391. The van der Waals surface area contributed by atoms with E-state index in [1.807, 2.05) is 30.3 Å². The van der Waals surface area contributed by atoms with Gasteiger partial charge in [0, 0.05) is 13.0 Å². The Hall–Kier alpha value is -2.34. The molecule has 0 bridgehead atoms. The number of rotatable bonds is 7. The first-order valence-electron chi connectivity index (χ1n) is 7.19. The van der Waals surface area contributed by atoms with Gasteiger partial charge in [-0.25, -0.2) is 8.42 Å². The standard InChI is InChI=1S/C17H19NO4S/c1-22-15-7-9-16(10-8-15)23(20,21)12-11-17(19)18-13-14-5-3-2-4-6-14/h2-10H,11-13H2,1H3,(H,18,19). The van der Waals surface area contributed by atoms with Crippen molar-refractivity contribution in [1.82, 2.24) is 5.32 Å². The summed E-state index contributed by atoms with van der Waals surface area (Å²) in [6.07, 6.45) is -0.0683. The molecule has 0 atom stereocenters. The van der Waals surface area contributed by atoms with Gasteiger partial charge in [0.2, 0.25) is 5.91 Å². The van der Waals surface area contributed by atoms with Gasteiger partial charge in [-0.1, -0.05) is 30.3 Å². The average molecular weight is 333 g/mol. The van der Waals surface area contributed by atoms with Gasteiger partial charge in [0.25, 0.3) is 0 Å². The first-order chi connectivity index (χ1) is 11.0. The van der Waals surface area contributed by atoms with Crippen LogP contribution in [0, 0.1) is 0 Å². The molecule has 5 nitrogen and oxygen atoms in total. The fourth-order valence-electron chi connectivity index (χ4n) is 2.01. The number of benzene rings is 2. The smallest absolute Gasteiger partial charge is 0.221 e. The Morgan fingerprint density at radius 1 is 1.04 bits per heavy atom. The third-order valence-corrected chi connectivity index (χ3v) is 5.08. The summed E-state index contributed by atoms with van der Waals surface area (Å²) in [6, 6.07) is 15.6. The van der Waals surface area contributed by atoms with E-state index in [1.165, 1.54) is 19.2 Å². The number of ether oxygens (including phenoxy) is 1. The molecule has 0 fully saturated rings. The molecule has 0 unspecified atom stereocenters. The van der Waals surface area contributed by atoms with Crippen molar-refractivity contribution in [1.29, 1.82) is 0 Å². The molecule has 2 aromatic carbocycles. The van der Waals surface area contributed by atoms with Crippen LogP contribution in [0.15, 0.2) is 59.5 Å². The van der Waals surface area contributed by atoms with Gasteiger partial charge in [0.05, 0.1) is 17.8 Å². The summed E-state index contributed by atoms with van der Waals surface area (Å²) >= 11 is 0. The first kappa shape index (κ1) is 17.0. The third-order valence-electron chi connectivity index (χ3n) is 3.35. The van der Waals surface area contributed by atoms with Crippen molar-refractivity contribution in [2.24, 2.45) is 0 Å². The van der Waals surface area contributed by atoms with Crippen LogP contribution >= 0.6 is 0 Å². The van der Waals surface area contributed by atoms with Crippen molar-refractivity contribution in [2.45, 2.75) is 17.9 Å². The molecule has 0 saturated carbocycles. The number of methoxy groups -OCH3 is 1. The summed E-state index contributed by atoms with van der Waals surface area (Å²) in [5, 5.41) is 2.72. The molecular formula is C17H19NO4S. The molecule has 0 aliphatic heterocycles. The predicted molar refractivity (Wildman–Crippen MR) is 88.0 cm³/mol. The van der Waals surface area contributed by atoms with Crippen molar-refractivity contribution in [3.63, 3.8) is 0 Å². The second-order valence-electron chi connectivity index (χ2n) is 5.01. The lowest BCUT2D eigenvalue weighted by Crippen LogP contribution is -2.25. The molecule has 0 aliphatic rings. The largest absolute Gasteiger partial charge is 0.497 e. The fourth-order valence-corrected chi connectivity index (χ4v) is 3.25. The lowest BCUT2D eigenvalue weighted by Gasteiger charge is -2.07. The van der Waals surface area contributed by atoms with E-state index in [1.54, 1.807) is 12.1 Å². The Morgan fingerprint density at radius 3 is 2.30 bits per heavy atom. The maximum absolute atomic E-state index is 12.2. The molecular weight excluding hydrogens is 314 g/mol. The maximum atomic E-state index is 12.2. The highest BCUT2D eigenvalue weighted by molar-refractivity contribution is 7.91. The van der Waals surface area contributed by atoms with Crippen molar-refractivity contribution < 1.29 is 17.9 Å². The van der Waals surface area contributed by atoms with Crippen molar-refractivity contribution in [2.75, 3.05) is 12.9 Å². The van der Waals surface area contributed by atoms with E-state index in [0.717, 1.165) is 5.56 Å². The molecule has 0 aromatic heterocycles. The molecule has 2 aromatic rings. The fraction of sp³-hybridized carbons (Fsp3) is 0.235. The molecule has 1 amide bonds. The Labute approximate surface area is 136 Å². The minimum Gasteiger partial charge on any atom is -0.497 e. The molecule has 0 saturated heterocycles. The highest BCUT2D eigenvalue weighted by atomic mass is 32.2. The van der Waals surface area contributed by atoms with Gasteiger partial charge in [-0.15, -0.1) is 0 Å². The third kappa shape index (κ3) is 5.10. The van der Waals surface area contributed by atoms with E-state index in [-0.39, 0.29) is 23.0 Å². The highest BCUT2D eigenvalue weighted by Crippen LogP contribution is 2.17. The summed E-state index contributed by atoms with van der Waals surface area (Å²) in [7, 11) is -1.97. The predicted octanol–water partition coefficient (Wildman–Crippen LogP) is 2.18. The number of carbonyl (C=O) groups is 1. The molecule has 23 heavy (non-hydrogen) atoms. The van der Waals surface area contributed by atoms with E-state index < -0.39 is 9.84 Å². The topological polar surface area (TPSA) is 72.5 Å². The van der Waals surface area contributed by atoms with Crippen LogP contribution in [0.4, 0.5) is 0 Å². The minimum absolute atomic E-state index is 0.0683. The molecule has 0 aliphatic carbocycles. The van der Waals surface area contributed by atoms with E-state index in [0.29, 0.717) is 12.3 Å². The molecule has 0 spiro atoms. The lowest BCUT2D eigenvalue weighted by atomic mass is 10.2. The van der Waals surface area contributed by atoms with Gasteiger partial charge in [-0.2, -0.15) is 0 Å².